The lowest BCUT2D eigenvalue weighted by Gasteiger charge is -2.21. The number of aromatic carboxylic acids is 1. The highest BCUT2D eigenvalue weighted by Gasteiger charge is 2.08. The molecule has 0 heterocycles. The summed E-state index contributed by atoms with van der Waals surface area (Å²) in [7, 11) is 4.05. The van der Waals surface area contributed by atoms with Gasteiger partial charge in [-0.15, -0.1) is 0 Å². The first-order chi connectivity index (χ1) is 7.91. The SMILES string of the molecule is CC(CNc1ccc(C(=O)O)cc1Br)N(C)C. The molecule has 1 aromatic rings. The van der Waals surface area contributed by atoms with Crippen molar-refractivity contribution in [2.75, 3.05) is 26.0 Å². The van der Waals surface area contributed by atoms with Crippen LogP contribution in [0.4, 0.5) is 5.69 Å². The molecule has 5 heteroatoms. The number of likely N-dealkylation sites (N-methyl/N-ethyl adjacent to an activating group) is 1. The van der Waals surface area contributed by atoms with Crippen LogP contribution in [0.3, 0.4) is 0 Å². The van der Waals surface area contributed by atoms with E-state index in [0.29, 0.717) is 6.04 Å². The van der Waals surface area contributed by atoms with Crippen molar-refractivity contribution in [1.82, 2.24) is 4.90 Å². The molecule has 4 nitrogen and oxygen atoms in total. The minimum Gasteiger partial charge on any atom is -0.478 e. The van der Waals surface area contributed by atoms with Crippen molar-refractivity contribution in [2.24, 2.45) is 0 Å². The third-order valence-electron chi connectivity index (χ3n) is 2.69. The Kier molecular flexibility index (Phi) is 4.96. The highest BCUT2D eigenvalue weighted by atomic mass is 79.9. The molecule has 1 aromatic carbocycles. The summed E-state index contributed by atoms with van der Waals surface area (Å²) < 4.78 is 0.767. The number of hydrogen-bond acceptors (Lipinski definition) is 3. The van der Waals surface area contributed by atoms with Gasteiger partial charge in [-0.25, -0.2) is 4.79 Å². The second-order valence-corrected chi connectivity index (χ2v) is 5.05. The van der Waals surface area contributed by atoms with E-state index in [1.807, 2.05) is 14.1 Å². The van der Waals surface area contributed by atoms with Gasteiger partial charge in [-0.3, -0.25) is 0 Å². The van der Waals surface area contributed by atoms with Gasteiger partial charge in [0.1, 0.15) is 0 Å². The van der Waals surface area contributed by atoms with Gasteiger partial charge in [0.05, 0.1) is 5.56 Å². The number of halogens is 1. The van der Waals surface area contributed by atoms with Crippen LogP contribution in [0.1, 0.15) is 17.3 Å². The largest absolute Gasteiger partial charge is 0.478 e. The Morgan fingerprint density at radius 2 is 2.18 bits per heavy atom. The van der Waals surface area contributed by atoms with Crippen LogP contribution < -0.4 is 5.32 Å². The first-order valence-electron chi connectivity index (χ1n) is 5.35. The molecule has 0 fully saturated rings. The van der Waals surface area contributed by atoms with Crippen molar-refractivity contribution in [2.45, 2.75) is 13.0 Å². The van der Waals surface area contributed by atoms with Crippen molar-refractivity contribution in [3.05, 3.63) is 28.2 Å². The van der Waals surface area contributed by atoms with Gasteiger partial charge in [-0.1, -0.05) is 0 Å². The molecule has 0 radical (unpaired) electrons. The predicted molar refractivity (Wildman–Crippen MR) is 72.7 cm³/mol. The maximum absolute atomic E-state index is 10.8. The molecule has 2 N–H and O–H groups in total. The van der Waals surface area contributed by atoms with Gasteiger partial charge < -0.3 is 15.3 Å². The molecule has 0 saturated carbocycles. The van der Waals surface area contributed by atoms with E-state index in [1.54, 1.807) is 18.2 Å². The van der Waals surface area contributed by atoms with E-state index in [-0.39, 0.29) is 5.56 Å². The van der Waals surface area contributed by atoms with Crippen LogP contribution in [0.25, 0.3) is 0 Å². The topological polar surface area (TPSA) is 52.6 Å². The highest BCUT2D eigenvalue weighted by Crippen LogP contribution is 2.23. The Morgan fingerprint density at radius 1 is 1.53 bits per heavy atom. The van der Waals surface area contributed by atoms with Crippen molar-refractivity contribution in [3.63, 3.8) is 0 Å². The molecule has 94 valence electrons. The smallest absolute Gasteiger partial charge is 0.335 e. The lowest BCUT2D eigenvalue weighted by atomic mass is 10.2. The van der Waals surface area contributed by atoms with Gasteiger partial charge in [-0.2, -0.15) is 0 Å². The Hall–Kier alpha value is -1.07. The van der Waals surface area contributed by atoms with Crippen molar-refractivity contribution < 1.29 is 9.90 Å². The summed E-state index contributed by atoms with van der Waals surface area (Å²) in [5.41, 5.74) is 1.19. The van der Waals surface area contributed by atoms with E-state index in [0.717, 1.165) is 16.7 Å². The van der Waals surface area contributed by atoms with Crippen molar-refractivity contribution >= 4 is 27.6 Å². The van der Waals surface area contributed by atoms with Gasteiger partial charge in [0.25, 0.3) is 0 Å². The zero-order valence-electron chi connectivity index (χ0n) is 10.2. The molecule has 1 unspecified atom stereocenters. The van der Waals surface area contributed by atoms with Crippen LogP contribution in [0.15, 0.2) is 22.7 Å². The fraction of sp³-hybridized carbons (Fsp3) is 0.417. The van der Waals surface area contributed by atoms with Crippen molar-refractivity contribution in [1.29, 1.82) is 0 Å². The van der Waals surface area contributed by atoms with Crippen LogP contribution in [0, 0.1) is 0 Å². The molecule has 0 aliphatic rings. The zero-order valence-corrected chi connectivity index (χ0v) is 11.8. The normalized spacial score (nSPS) is 12.5. The second kappa shape index (κ2) is 6.02. The molecule has 0 aliphatic heterocycles. The van der Waals surface area contributed by atoms with Crippen LogP contribution in [0.2, 0.25) is 0 Å². The van der Waals surface area contributed by atoms with E-state index in [1.165, 1.54) is 0 Å². The van der Waals surface area contributed by atoms with Crippen molar-refractivity contribution in [3.8, 4) is 0 Å². The molecular formula is C12H17BrN2O2. The lowest BCUT2D eigenvalue weighted by Crippen LogP contribution is -2.31. The maximum atomic E-state index is 10.8. The molecule has 0 saturated heterocycles. The average Bonchev–Trinajstić information content (AvgIpc) is 2.26. The van der Waals surface area contributed by atoms with Gasteiger partial charge in [0.15, 0.2) is 0 Å². The number of benzene rings is 1. The van der Waals surface area contributed by atoms with E-state index < -0.39 is 5.97 Å². The summed E-state index contributed by atoms with van der Waals surface area (Å²) in [6.45, 7) is 2.92. The van der Waals surface area contributed by atoms with E-state index in [4.69, 9.17) is 5.11 Å². The number of nitrogens with one attached hydrogen (secondary N) is 1. The minimum atomic E-state index is -0.918. The fourth-order valence-electron chi connectivity index (χ4n) is 1.23. The molecule has 0 amide bonds. The maximum Gasteiger partial charge on any atom is 0.335 e. The van der Waals surface area contributed by atoms with Crippen LogP contribution in [-0.2, 0) is 0 Å². The van der Waals surface area contributed by atoms with E-state index in [9.17, 15) is 4.79 Å². The van der Waals surface area contributed by atoms with Gasteiger partial charge in [0.2, 0.25) is 0 Å². The molecule has 1 atom stereocenters. The number of carboxylic acid groups (broad SMARTS) is 1. The summed E-state index contributed by atoms with van der Waals surface area (Å²) in [5, 5.41) is 12.1. The molecule has 0 aliphatic carbocycles. The summed E-state index contributed by atoms with van der Waals surface area (Å²) in [6.07, 6.45) is 0. The summed E-state index contributed by atoms with van der Waals surface area (Å²) >= 11 is 3.36. The lowest BCUT2D eigenvalue weighted by molar-refractivity contribution is 0.0697. The number of anilines is 1. The summed E-state index contributed by atoms with van der Waals surface area (Å²) in [6, 6.07) is 5.37. The standard InChI is InChI=1S/C12H17BrN2O2/c1-8(15(2)3)7-14-11-5-4-9(12(16)17)6-10(11)13/h4-6,8,14H,7H2,1-3H3,(H,16,17). The molecule has 0 bridgehead atoms. The molecular weight excluding hydrogens is 284 g/mol. The number of rotatable bonds is 5. The third-order valence-corrected chi connectivity index (χ3v) is 3.34. The molecule has 1 rings (SSSR count). The Balaban J connectivity index is 2.70. The number of hydrogen-bond donors (Lipinski definition) is 2. The summed E-state index contributed by atoms with van der Waals surface area (Å²) in [4.78, 5) is 12.9. The van der Waals surface area contributed by atoms with Gasteiger partial charge >= 0.3 is 5.97 Å². The van der Waals surface area contributed by atoms with Gasteiger partial charge in [-0.05, 0) is 55.1 Å². The number of carboxylic acids is 1. The average molecular weight is 301 g/mol. The van der Waals surface area contributed by atoms with Crippen LogP contribution in [-0.4, -0.2) is 42.7 Å². The Morgan fingerprint density at radius 3 is 2.65 bits per heavy atom. The predicted octanol–water partition coefficient (Wildman–Crippen LogP) is 2.51. The van der Waals surface area contributed by atoms with Gasteiger partial charge in [0, 0.05) is 22.7 Å². The van der Waals surface area contributed by atoms with E-state index in [2.05, 4.69) is 33.1 Å². The number of nitrogens with zero attached hydrogens (tertiary/aromatic N) is 1. The highest BCUT2D eigenvalue weighted by molar-refractivity contribution is 9.10. The van der Waals surface area contributed by atoms with E-state index >= 15 is 0 Å². The third kappa shape index (κ3) is 4.02. The quantitative estimate of drug-likeness (QED) is 0.877. The monoisotopic (exact) mass is 300 g/mol. The molecule has 0 aromatic heterocycles. The zero-order chi connectivity index (χ0) is 13.0. The minimum absolute atomic E-state index is 0.281. The molecule has 17 heavy (non-hydrogen) atoms. The van der Waals surface area contributed by atoms with Crippen LogP contribution in [0.5, 0.6) is 0 Å². The van der Waals surface area contributed by atoms with Crippen LogP contribution >= 0.6 is 15.9 Å². The first kappa shape index (κ1) is 14.0. The first-order valence-corrected chi connectivity index (χ1v) is 6.14. The summed E-state index contributed by atoms with van der Waals surface area (Å²) in [5.74, 6) is -0.918. The number of carbonyl (C=O) groups is 1. The Labute approximate surface area is 110 Å². The fourth-order valence-corrected chi connectivity index (χ4v) is 1.75. The Bertz CT molecular complexity index is 407. The second-order valence-electron chi connectivity index (χ2n) is 4.19. The molecule has 0 spiro atoms.